The third kappa shape index (κ3) is 2.85. The molecule has 0 fully saturated rings. The minimum absolute atomic E-state index is 0.0441. The molecule has 0 radical (unpaired) electrons. The highest BCUT2D eigenvalue weighted by atomic mass is 16.3. The van der Waals surface area contributed by atoms with Crippen LogP contribution in [0, 0.1) is 0 Å². The molecule has 0 unspecified atom stereocenters. The van der Waals surface area contributed by atoms with Gasteiger partial charge in [0.15, 0.2) is 0 Å². The summed E-state index contributed by atoms with van der Waals surface area (Å²) in [5.74, 6) is 0.0902. The summed E-state index contributed by atoms with van der Waals surface area (Å²) in [6.45, 7) is 1.64. The molecule has 6 nitrogen and oxygen atoms in total. The Morgan fingerprint density at radius 2 is 2.05 bits per heavy atom. The van der Waals surface area contributed by atoms with Gasteiger partial charge in [0.1, 0.15) is 23.8 Å². The Balaban J connectivity index is 2.21. The molecule has 1 aliphatic rings. The third-order valence-electron chi connectivity index (χ3n) is 2.91. The summed E-state index contributed by atoms with van der Waals surface area (Å²) in [4.78, 5) is 29.0. The Hall–Kier alpha value is -2.63. The van der Waals surface area contributed by atoms with Crippen molar-refractivity contribution in [2.24, 2.45) is 4.99 Å². The molecule has 2 rings (SSSR count). The maximum absolute atomic E-state index is 12.2. The summed E-state index contributed by atoms with van der Waals surface area (Å²) in [5.41, 5.74) is 1.03. The number of phenols is 1. The van der Waals surface area contributed by atoms with Crippen LogP contribution in [0.5, 0.6) is 5.75 Å². The van der Waals surface area contributed by atoms with Crippen LogP contribution in [0.25, 0.3) is 6.08 Å². The first-order valence-corrected chi connectivity index (χ1v) is 6.09. The summed E-state index contributed by atoms with van der Waals surface area (Å²) in [6, 6.07) is 6.43. The van der Waals surface area contributed by atoms with Crippen molar-refractivity contribution in [1.29, 1.82) is 0 Å². The minimum Gasteiger partial charge on any atom is -0.508 e. The second kappa shape index (κ2) is 5.56. The Morgan fingerprint density at radius 3 is 2.65 bits per heavy atom. The third-order valence-corrected chi connectivity index (χ3v) is 2.91. The summed E-state index contributed by atoms with van der Waals surface area (Å²) >= 11 is 0. The number of carbonyl (C=O) groups is 2. The van der Waals surface area contributed by atoms with Gasteiger partial charge in [0.2, 0.25) is 5.91 Å². The average Bonchev–Trinajstić information content (AvgIpc) is 2.69. The Bertz CT molecular complexity index is 603. The van der Waals surface area contributed by atoms with Crippen molar-refractivity contribution >= 4 is 23.7 Å². The Kier molecular flexibility index (Phi) is 3.84. The molecule has 2 N–H and O–H groups in total. The van der Waals surface area contributed by atoms with Gasteiger partial charge in [-0.15, -0.1) is 0 Å². The summed E-state index contributed by atoms with van der Waals surface area (Å²) in [5, 5.41) is 11.7. The number of amidine groups is 1. The number of rotatable bonds is 3. The average molecular weight is 273 g/mol. The molecular weight excluding hydrogens is 258 g/mol. The molecule has 2 amide bonds. The maximum Gasteiger partial charge on any atom is 0.278 e. The monoisotopic (exact) mass is 273 g/mol. The van der Waals surface area contributed by atoms with Gasteiger partial charge < -0.3 is 10.4 Å². The van der Waals surface area contributed by atoms with Gasteiger partial charge in [0.25, 0.3) is 5.91 Å². The predicted octanol–water partition coefficient (Wildman–Crippen LogP) is 0.740. The quantitative estimate of drug-likeness (QED) is 0.797. The number of amides is 2. The largest absolute Gasteiger partial charge is 0.508 e. The van der Waals surface area contributed by atoms with Crippen LogP contribution in [0.3, 0.4) is 0 Å². The van der Waals surface area contributed by atoms with Crippen molar-refractivity contribution in [1.82, 2.24) is 10.2 Å². The fourth-order valence-corrected chi connectivity index (χ4v) is 1.80. The maximum atomic E-state index is 12.2. The van der Waals surface area contributed by atoms with E-state index < -0.39 is 0 Å². The number of benzene rings is 1. The van der Waals surface area contributed by atoms with Crippen LogP contribution in [-0.2, 0) is 9.59 Å². The van der Waals surface area contributed by atoms with Crippen LogP contribution >= 0.6 is 0 Å². The van der Waals surface area contributed by atoms with E-state index in [2.05, 4.69) is 10.3 Å². The summed E-state index contributed by atoms with van der Waals surface area (Å²) in [6.07, 6.45) is 1.62. The van der Waals surface area contributed by atoms with Crippen molar-refractivity contribution in [3.8, 4) is 5.75 Å². The minimum atomic E-state index is -0.306. The number of likely N-dealkylation sites (N-methyl/N-ethyl adjacent to an activating group) is 1. The molecule has 0 atom stereocenters. The lowest BCUT2D eigenvalue weighted by Gasteiger charge is -2.14. The number of hydrogen-bond acceptors (Lipinski definition) is 4. The number of phenolic OH excluding ortho intramolecular Hbond substituents is 1. The smallest absolute Gasteiger partial charge is 0.278 e. The Labute approximate surface area is 116 Å². The van der Waals surface area contributed by atoms with Gasteiger partial charge in [-0.05, 0) is 30.7 Å². The van der Waals surface area contributed by atoms with E-state index in [1.807, 2.05) is 0 Å². The fraction of sp³-hybridized carbons (Fsp3) is 0.214. The molecule has 0 spiro atoms. The lowest BCUT2D eigenvalue weighted by molar-refractivity contribution is -0.128. The summed E-state index contributed by atoms with van der Waals surface area (Å²) < 4.78 is 0. The first-order valence-electron chi connectivity index (χ1n) is 6.09. The number of aromatic hydroxyl groups is 1. The molecule has 20 heavy (non-hydrogen) atoms. The molecule has 1 aromatic rings. The van der Waals surface area contributed by atoms with Crippen LogP contribution < -0.4 is 5.32 Å². The first-order chi connectivity index (χ1) is 9.51. The van der Waals surface area contributed by atoms with Crippen LogP contribution in [0.15, 0.2) is 35.0 Å². The van der Waals surface area contributed by atoms with Gasteiger partial charge in [-0.3, -0.25) is 14.5 Å². The van der Waals surface area contributed by atoms with Gasteiger partial charge in [-0.2, -0.15) is 0 Å². The van der Waals surface area contributed by atoms with Gasteiger partial charge in [0.05, 0.1) is 0 Å². The molecule has 0 saturated carbocycles. The molecule has 1 heterocycles. The molecular formula is C14H15N3O3. The van der Waals surface area contributed by atoms with Crippen LogP contribution in [0.2, 0.25) is 0 Å². The van der Waals surface area contributed by atoms with E-state index in [9.17, 15) is 14.7 Å². The first kappa shape index (κ1) is 13.8. The van der Waals surface area contributed by atoms with E-state index in [0.717, 1.165) is 5.56 Å². The highest BCUT2D eigenvalue weighted by molar-refractivity contribution is 6.15. The zero-order chi connectivity index (χ0) is 14.7. The topological polar surface area (TPSA) is 82.0 Å². The van der Waals surface area contributed by atoms with E-state index in [1.165, 1.54) is 24.1 Å². The predicted molar refractivity (Wildman–Crippen MR) is 75.0 cm³/mol. The Morgan fingerprint density at radius 1 is 1.40 bits per heavy atom. The fourth-order valence-electron chi connectivity index (χ4n) is 1.80. The molecule has 0 aromatic heterocycles. The number of aliphatic imine (C=N–C) groups is 1. The van der Waals surface area contributed by atoms with E-state index in [1.54, 1.807) is 25.1 Å². The van der Waals surface area contributed by atoms with Crippen molar-refractivity contribution in [2.75, 3.05) is 13.6 Å². The molecule has 0 bridgehead atoms. The number of hydrogen-bond donors (Lipinski definition) is 2. The van der Waals surface area contributed by atoms with E-state index >= 15 is 0 Å². The molecule has 104 valence electrons. The number of nitrogens with one attached hydrogen (secondary N) is 1. The number of nitrogens with zero attached hydrogens (tertiary/aromatic N) is 2. The molecule has 0 aliphatic carbocycles. The van der Waals surface area contributed by atoms with E-state index in [4.69, 9.17) is 0 Å². The van der Waals surface area contributed by atoms with Crippen LogP contribution in [0.4, 0.5) is 0 Å². The molecule has 1 aliphatic heterocycles. The zero-order valence-electron chi connectivity index (χ0n) is 11.3. The van der Waals surface area contributed by atoms with Crippen molar-refractivity contribution < 1.29 is 14.7 Å². The van der Waals surface area contributed by atoms with Crippen molar-refractivity contribution in [3.63, 3.8) is 0 Å². The van der Waals surface area contributed by atoms with Gasteiger partial charge in [0, 0.05) is 7.05 Å². The van der Waals surface area contributed by atoms with E-state index in [-0.39, 0.29) is 29.8 Å². The standard InChI is InChI=1S/C14H15N3O3/c1-9-16-12(7-10-3-5-11(18)6-4-10)14(20)17(9)8-13(19)15-2/h3-7,18H,8H2,1-2H3,(H,15,19)/b12-7-. The second-order valence-electron chi connectivity index (χ2n) is 4.34. The lowest BCUT2D eigenvalue weighted by Crippen LogP contribution is -2.39. The van der Waals surface area contributed by atoms with Gasteiger partial charge in [-0.1, -0.05) is 12.1 Å². The van der Waals surface area contributed by atoms with Crippen LogP contribution in [-0.4, -0.2) is 41.2 Å². The van der Waals surface area contributed by atoms with Crippen molar-refractivity contribution in [2.45, 2.75) is 6.92 Å². The van der Waals surface area contributed by atoms with Crippen LogP contribution in [0.1, 0.15) is 12.5 Å². The zero-order valence-corrected chi connectivity index (χ0v) is 11.3. The normalized spacial score (nSPS) is 16.5. The summed E-state index contributed by atoms with van der Waals surface area (Å²) in [7, 11) is 1.52. The van der Waals surface area contributed by atoms with Gasteiger partial charge in [-0.25, -0.2) is 4.99 Å². The highest BCUT2D eigenvalue weighted by Gasteiger charge is 2.28. The van der Waals surface area contributed by atoms with E-state index in [0.29, 0.717) is 5.84 Å². The van der Waals surface area contributed by atoms with Gasteiger partial charge >= 0.3 is 0 Å². The van der Waals surface area contributed by atoms with Crippen molar-refractivity contribution in [3.05, 3.63) is 35.5 Å². The lowest BCUT2D eigenvalue weighted by atomic mass is 10.2. The second-order valence-corrected chi connectivity index (χ2v) is 4.34. The molecule has 6 heteroatoms. The highest BCUT2D eigenvalue weighted by Crippen LogP contribution is 2.19. The molecule has 1 aromatic carbocycles. The SMILES string of the molecule is CNC(=O)CN1C(=O)/C(=C/c2ccc(O)cc2)N=C1C. The number of carbonyl (C=O) groups excluding carboxylic acids is 2. The molecule has 0 saturated heterocycles.